The lowest BCUT2D eigenvalue weighted by atomic mass is 9.94. The first-order chi connectivity index (χ1) is 11.6. The minimum absolute atomic E-state index is 0.0832. The van der Waals surface area contributed by atoms with Gasteiger partial charge < -0.3 is 19.3 Å². The number of nitrogens with zero attached hydrogens (tertiary/aromatic N) is 2. The number of likely N-dealkylation sites (tertiary alicyclic amines) is 1. The fourth-order valence-corrected chi connectivity index (χ4v) is 3.73. The molecule has 5 heteroatoms. The van der Waals surface area contributed by atoms with E-state index in [1.165, 1.54) is 0 Å². The maximum absolute atomic E-state index is 12.9. The molecule has 24 heavy (non-hydrogen) atoms. The fraction of sp³-hybridized carbons (Fsp3) is 0.632. The highest BCUT2D eigenvalue weighted by atomic mass is 16.5. The summed E-state index contributed by atoms with van der Waals surface area (Å²) >= 11 is 0. The van der Waals surface area contributed by atoms with Gasteiger partial charge in [0.1, 0.15) is 18.1 Å². The molecular formula is C19H28N2O3. The number of hydrogen-bond donors (Lipinski definition) is 0. The molecule has 1 aromatic rings. The van der Waals surface area contributed by atoms with Crippen LogP contribution in [0.5, 0.6) is 11.5 Å². The molecule has 1 amide bonds. The molecule has 3 rings (SSSR count). The number of fused-ring (bicyclic) bond motifs is 1. The number of benzene rings is 1. The van der Waals surface area contributed by atoms with E-state index in [2.05, 4.69) is 11.8 Å². The van der Waals surface area contributed by atoms with Crippen molar-refractivity contribution in [1.29, 1.82) is 0 Å². The summed E-state index contributed by atoms with van der Waals surface area (Å²) in [6, 6.07) is 6.20. The molecule has 2 heterocycles. The predicted molar refractivity (Wildman–Crippen MR) is 93.6 cm³/mol. The summed E-state index contributed by atoms with van der Waals surface area (Å²) in [5, 5.41) is 0. The highest BCUT2D eigenvalue weighted by Gasteiger charge is 2.32. The molecule has 2 aliphatic heterocycles. The van der Waals surface area contributed by atoms with Crippen molar-refractivity contribution in [2.24, 2.45) is 5.92 Å². The quantitative estimate of drug-likeness (QED) is 0.848. The first kappa shape index (κ1) is 17.1. The standard InChI is InChI=1S/C19H28N2O3/c1-4-21-9-7-16(8-10-21)20(2)19(22)15-11-14-5-6-17(23-3)12-18(14)24-13-15/h5-6,12,15-16H,4,7-11,13H2,1-3H3/t15-/m1/s1. The Labute approximate surface area is 144 Å². The Bertz CT molecular complexity index is 582. The number of rotatable bonds is 4. The number of ether oxygens (including phenoxy) is 2. The number of carbonyl (C=O) groups excluding carboxylic acids is 1. The van der Waals surface area contributed by atoms with Gasteiger partial charge >= 0.3 is 0 Å². The predicted octanol–water partition coefficient (Wildman–Crippen LogP) is 2.19. The second-order valence-electron chi connectivity index (χ2n) is 6.80. The Morgan fingerprint density at radius 3 is 2.79 bits per heavy atom. The molecule has 0 aliphatic carbocycles. The number of carbonyl (C=O) groups is 1. The molecule has 0 aromatic heterocycles. The average molecular weight is 332 g/mol. The molecule has 0 unspecified atom stereocenters. The van der Waals surface area contributed by atoms with Gasteiger partial charge in [-0.15, -0.1) is 0 Å². The molecule has 5 nitrogen and oxygen atoms in total. The van der Waals surface area contributed by atoms with Gasteiger partial charge in [-0.3, -0.25) is 4.79 Å². The van der Waals surface area contributed by atoms with Crippen molar-refractivity contribution in [3.8, 4) is 11.5 Å². The van der Waals surface area contributed by atoms with E-state index in [0.717, 1.165) is 56.0 Å². The molecule has 2 aliphatic rings. The molecule has 0 bridgehead atoms. The SMILES string of the molecule is CCN1CCC(N(C)C(=O)[C@H]2COc3cc(OC)ccc3C2)CC1. The molecule has 1 aromatic carbocycles. The summed E-state index contributed by atoms with van der Waals surface area (Å²) in [6.45, 7) is 5.92. The van der Waals surface area contributed by atoms with Gasteiger partial charge in [-0.25, -0.2) is 0 Å². The van der Waals surface area contributed by atoms with Crippen LogP contribution in [0.15, 0.2) is 18.2 Å². The zero-order valence-corrected chi connectivity index (χ0v) is 15.0. The maximum atomic E-state index is 12.9. The van der Waals surface area contributed by atoms with Crippen LogP contribution < -0.4 is 9.47 Å². The van der Waals surface area contributed by atoms with Crippen LogP contribution in [0.3, 0.4) is 0 Å². The monoisotopic (exact) mass is 332 g/mol. The molecule has 0 radical (unpaired) electrons. The number of piperidine rings is 1. The van der Waals surface area contributed by atoms with Crippen LogP contribution in [0, 0.1) is 5.92 Å². The van der Waals surface area contributed by atoms with Gasteiger partial charge in [0.15, 0.2) is 0 Å². The Kier molecular flexibility index (Phi) is 5.29. The zero-order valence-electron chi connectivity index (χ0n) is 15.0. The van der Waals surface area contributed by atoms with Crippen molar-refractivity contribution >= 4 is 5.91 Å². The number of hydrogen-bond acceptors (Lipinski definition) is 4. The van der Waals surface area contributed by atoms with Crippen LogP contribution in [0.1, 0.15) is 25.3 Å². The van der Waals surface area contributed by atoms with Gasteiger partial charge in [0.25, 0.3) is 0 Å². The van der Waals surface area contributed by atoms with Gasteiger partial charge in [-0.1, -0.05) is 13.0 Å². The van der Waals surface area contributed by atoms with Crippen LogP contribution >= 0.6 is 0 Å². The van der Waals surface area contributed by atoms with Crippen LogP contribution in [-0.2, 0) is 11.2 Å². The van der Waals surface area contributed by atoms with Crippen molar-refractivity contribution in [3.05, 3.63) is 23.8 Å². The van der Waals surface area contributed by atoms with Gasteiger partial charge in [-0.05, 0) is 37.4 Å². The first-order valence-electron chi connectivity index (χ1n) is 8.91. The molecule has 1 saturated heterocycles. The smallest absolute Gasteiger partial charge is 0.229 e. The van der Waals surface area contributed by atoms with E-state index in [9.17, 15) is 4.79 Å². The molecular weight excluding hydrogens is 304 g/mol. The number of amides is 1. The van der Waals surface area contributed by atoms with Crippen molar-refractivity contribution in [2.45, 2.75) is 32.2 Å². The average Bonchev–Trinajstić information content (AvgIpc) is 2.66. The third-order valence-corrected chi connectivity index (χ3v) is 5.43. The first-order valence-corrected chi connectivity index (χ1v) is 8.91. The van der Waals surface area contributed by atoms with E-state index in [-0.39, 0.29) is 11.8 Å². The summed E-state index contributed by atoms with van der Waals surface area (Å²) in [6.07, 6.45) is 2.88. The van der Waals surface area contributed by atoms with E-state index in [1.54, 1.807) is 7.11 Å². The van der Waals surface area contributed by atoms with E-state index in [0.29, 0.717) is 12.6 Å². The normalized spacial score (nSPS) is 21.7. The molecule has 132 valence electrons. The highest BCUT2D eigenvalue weighted by molar-refractivity contribution is 5.80. The summed E-state index contributed by atoms with van der Waals surface area (Å²) in [5.74, 6) is 1.77. The zero-order chi connectivity index (χ0) is 17.1. The molecule has 1 fully saturated rings. The van der Waals surface area contributed by atoms with Crippen LogP contribution in [0.2, 0.25) is 0 Å². The van der Waals surface area contributed by atoms with Gasteiger partial charge in [0.2, 0.25) is 5.91 Å². The van der Waals surface area contributed by atoms with Crippen LogP contribution in [-0.4, -0.2) is 62.1 Å². The van der Waals surface area contributed by atoms with Crippen molar-refractivity contribution in [2.75, 3.05) is 40.4 Å². The highest BCUT2D eigenvalue weighted by Crippen LogP contribution is 2.32. The second-order valence-corrected chi connectivity index (χ2v) is 6.80. The lowest BCUT2D eigenvalue weighted by molar-refractivity contribution is -0.138. The van der Waals surface area contributed by atoms with Gasteiger partial charge in [0.05, 0.1) is 13.0 Å². The molecule has 0 spiro atoms. The van der Waals surface area contributed by atoms with E-state index in [1.807, 2.05) is 30.1 Å². The largest absolute Gasteiger partial charge is 0.497 e. The Balaban J connectivity index is 1.61. The maximum Gasteiger partial charge on any atom is 0.229 e. The second kappa shape index (κ2) is 7.43. The van der Waals surface area contributed by atoms with E-state index < -0.39 is 0 Å². The summed E-state index contributed by atoms with van der Waals surface area (Å²) in [7, 11) is 3.60. The molecule has 0 N–H and O–H groups in total. The minimum atomic E-state index is -0.0832. The van der Waals surface area contributed by atoms with Crippen molar-refractivity contribution in [1.82, 2.24) is 9.80 Å². The third kappa shape index (κ3) is 3.51. The van der Waals surface area contributed by atoms with Crippen molar-refractivity contribution in [3.63, 3.8) is 0 Å². The lowest BCUT2D eigenvalue weighted by Crippen LogP contribution is -2.48. The Hall–Kier alpha value is -1.75. The molecule has 1 atom stereocenters. The molecule has 0 saturated carbocycles. The van der Waals surface area contributed by atoms with Crippen LogP contribution in [0.4, 0.5) is 0 Å². The summed E-state index contributed by atoms with van der Waals surface area (Å²) in [5.41, 5.74) is 1.09. The lowest BCUT2D eigenvalue weighted by Gasteiger charge is -2.38. The van der Waals surface area contributed by atoms with Gasteiger partial charge in [0, 0.05) is 32.2 Å². The summed E-state index contributed by atoms with van der Waals surface area (Å²) in [4.78, 5) is 17.3. The van der Waals surface area contributed by atoms with Crippen molar-refractivity contribution < 1.29 is 14.3 Å². The van der Waals surface area contributed by atoms with E-state index in [4.69, 9.17) is 9.47 Å². The topological polar surface area (TPSA) is 42.0 Å². The van der Waals surface area contributed by atoms with E-state index >= 15 is 0 Å². The third-order valence-electron chi connectivity index (χ3n) is 5.43. The summed E-state index contributed by atoms with van der Waals surface area (Å²) < 4.78 is 11.1. The van der Waals surface area contributed by atoms with Crippen LogP contribution in [0.25, 0.3) is 0 Å². The number of methoxy groups -OCH3 is 1. The van der Waals surface area contributed by atoms with Gasteiger partial charge in [-0.2, -0.15) is 0 Å². The minimum Gasteiger partial charge on any atom is -0.497 e. The Morgan fingerprint density at radius 1 is 1.38 bits per heavy atom. The Morgan fingerprint density at radius 2 is 2.12 bits per heavy atom. The fourth-order valence-electron chi connectivity index (χ4n) is 3.73.